The van der Waals surface area contributed by atoms with Crippen molar-refractivity contribution in [2.45, 2.75) is 0 Å². The topological polar surface area (TPSA) is 75.7 Å². The van der Waals surface area contributed by atoms with Crippen LogP contribution in [0.25, 0.3) is 0 Å². The lowest BCUT2D eigenvalue weighted by atomic mass is 10.2. The van der Waals surface area contributed by atoms with E-state index in [0.717, 1.165) is 4.90 Å². The van der Waals surface area contributed by atoms with Gasteiger partial charge in [0.1, 0.15) is 16.5 Å². The normalized spacial score (nSPS) is 13.5. The molecule has 0 spiro atoms. The van der Waals surface area contributed by atoms with Gasteiger partial charge in [-0.05, 0) is 48.5 Å². The number of para-hydroxylation sites is 2. The van der Waals surface area contributed by atoms with Crippen LogP contribution in [0, 0.1) is 0 Å². The van der Waals surface area contributed by atoms with E-state index in [1.54, 1.807) is 60.7 Å². The third-order valence-electron chi connectivity index (χ3n) is 4.55. The molecule has 0 atom stereocenters. The van der Waals surface area contributed by atoms with Gasteiger partial charge in [0.15, 0.2) is 0 Å². The van der Waals surface area contributed by atoms with Crippen molar-refractivity contribution >= 4 is 64.0 Å². The molecular weight excluding hydrogens is 475 g/mol. The van der Waals surface area contributed by atoms with E-state index in [9.17, 15) is 14.4 Å². The third kappa shape index (κ3) is 4.21. The number of carbonyl (C=O) groups excluding carboxylic acids is 3. The fourth-order valence-corrected chi connectivity index (χ4v) is 3.59. The van der Waals surface area contributed by atoms with Crippen molar-refractivity contribution in [1.29, 1.82) is 0 Å². The molecule has 6 nitrogen and oxygen atoms in total. The van der Waals surface area contributed by atoms with Gasteiger partial charge in [0.05, 0.1) is 21.3 Å². The number of anilines is 2. The third-order valence-corrected chi connectivity index (χ3v) is 5.53. The van der Waals surface area contributed by atoms with Crippen molar-refractivity contribution in [1.82, 2.24) is 0 Å². The summed E-state index contributed by atoms with van der Waals surface area (Å²) < 4.78 is 5.29. The Labute approximate surface area is 197 Å². The molecular formula is C23H13Cl3N2O4. The number of esters is 1. The minimum Gasteiger partial charge on any atom is -0.421 e. The summed E-state index contributed by atoms with van der Waals surface area (Å²) in [6.07, 6.45) is 0. The van der Waals surface area contributed by atoms with Crippen molar-refractivity contribution in [3.8, 4) is 5.75 Å². The monoisotopic (exact) mass is 486 g/mol. The average molecular weight is 488 g/mol. The molecule has 9 heteroatoms. The standard InChI is InChI=1S/C23H13Cl3N2O4/c24-15-5-1-3-7-17(15)28-21(29)19(26)20(22(28)30)27-14-11-9-13(10-12-14)23(31)32-18-8-4-2-6-16(18)25/h1-12,27H. The minimum atomic E-state index is -0.688. The van der Waals surface area contributed by atoms with Crippen LogP contribution in [0.3, 0.4) is 0 Å². The summed E-state index contributed by atoms with van der Waals surface area (Å²) in [4.78, 5) is 38.7. The van der Waals surface area contributed by atoms with Crippen molar-refractivity contribution < 1.29 is 19.1 Å². The Morgan fingerprint density at radius 2 is 1.41 bits per heavy atom. The molecule has 0 unspecified atom stereocenters. The van der Waals surface area contributed by atoms with Gasteiger partial charge in [-0.25, -0.2) is 9.69 Å². The van der Waals surface area contributed by atoms with Crippen molar-refractivity contribution in [2.75, 3.05) is 10.2 Å². The van der Waals surface area contributed by atoms with Crippen molar-refractivity contribution in [2.24, 2.45) is 0 Å². The van der Waals surface area contributed by atoms with Gasteiger partial charge in [-0.1, -0.05) is 59.1 Å². The highest BCUT2D eigenvalue weighted by molar-refractivity contribution is 6.53. The first-order chi connectivity index (χ1) is 15.4. The highest BCUT2D eigenvalue weighted by Crippen LogP contribution is 2.34. The first-order valence-electron chi connectivity index (χ1n) is 9.23. The Hall–Kier alpha value is -3.32. The lowest BCUT2D eigenvalue weighted by Crippen LogP contribution is -2.32. The molecule has 0 bridgehead atoms. The maximum absolute atomic E-state index is 12.8. The molecule has 3 aromatic rings. The molecule has 1 heterocycles. The molecule has 1 aliphatic rings. The fraction of sp³-hybridized carbons (Fsp3) is 0. The number of hydrogen-bond donors (Lipinski definition) is 1. The Morgan fingerprint density at radius 3 is 2.06 bits per heavy atom. The number of halogens is 3. The number of nitrogens with one attached hydrogen (secondary N) is 1. The number of nitrogens with zero attached hydrogens (tertiary/aromatic N) is 1. The largest absolute Gasteiger partial charge is 0.421 e. The maximum Gasteiger partial charge on any atom is 0.343 e. The number of benzene rings is 3. The molecule has 0 aliphatic carbocycles. The van der Waals surface area contributed by atoms with Gasteiger partial charge in [-0.3, -0.25) is 9.59 Å². The smallest absolute Gasteiger partial charge is 0.343 e. The first-order valence-corrected chi connectivity index (χ1v) is 10.4. The van der Waals surface area contributed by atoms with Crippen LogP contribution in [-0.4, -0.2) is 17.8 Å². The van der Waals surface area contributed by atoms with Crippen molar-refractivity contribution in [3.63, 3.8) is 0 Å². The van der Waals surface area contributed by atoms with Gasteiger partial charge >= 0.3 is 5.97 Å². The van der Waals surface area contributed by atoms with E-state index in [1.165, 1.54) is 12.1 Å². The van der Waals surface area contributed by atoms with Crippen LogP contribution in [0.15, 0.2) is 83.5 Å². The van der Waals surface area contributed by atoms with Crippen LogP contribution in [0.5, 0.6) is 5.75 Å². The molecule has 0 saturated carbocycles. The molecule has 0 fully saturated rings. The van der Waals surface area contributed by atoms with Gasteiger partial charge < -0.3 is 10.1 Å². The lowest BCUT2D eigenvalue weighted by Gasteiger charge is -2.16. The van der Waals surface area contributed by atoms with Crippen LogP contribution < -0.4 is 15.0 Å². The van der Waals surface area contributed by atoms with Crippen LogP contribution in [0.1, 0.15) is 10.4 Å². The van der Waals surface area contributed by atoms with Crippen LogP contribution >= 0.6 is 34.8 Å². The molecule has 0 saturated heterocycles. The number of hydrogen-bond acceptors (Lipinski definition) is 5. The zero-order valence-electron chi connectivity index (χ0n) is 16.1. The second kappa shape index (κ2) is 9.04. The second-order valence-corrected chi connectivity index (χ2v) is 7.80. The van der Waals surface area contributed by atoms with Gasteiger partial charge in [-0.15, -0.1) is 0 Å². The van der Waals surface area contributed by atoms with Gasteiger partial charge in [0.25, 0.3) is 11.8 Å². The predicted molar refractivity (Wildman–Crippen MR) is 123 cm³/mol. The van der Waals surface area contributed by atoms with E-state index < -0.39 is 17.8 Å². The average Bonchev–Trinajstić information content (AvgIpc) is 2.99. The van der Waals surface area contributed by atoms with E-state index in [0.29, 0.717) is 10.7 Å². The van der Waals surface area contributed by atoms with Gasteiger partial charge in [0, 0.05) is 5.69 Å². The fourth-order valence-electron chi connectivity index (χ4n) is 2.98. The van der Waals surface area contributed by atoms with Crippen LogP contribution in [0.4, 0.5) is 11.4 Å². The number of ether oxygens (including phenoxy) is 1. The zero-order chi connectivity index (χ0) is 22.8. The van der Waals surface area contributed by atoms with Crippen LogP contribution in [-0.2, 0) is 9.59 Å². The summed E-state index contributed by atoms with van der Waals surface area (Å²) >= 11 is 18.3. The molecule has 3 aromatic carbocycles. The molecule has 0 aromatic heterocycles. The van der Waals surface area contributed by atoms with E-state index in [2.05, 4.69) is 5.32 Å². The molecule has 1 aliphatic heterocycles. The second-order valence-electron chi connectivity index (χ2n) is 6.61. The van der Waals surface area contributed by atoms with E-state index >= 15 is 0 Å². The number of rotatable bonds is 5. The summed E-state index contributed by atoms with van der Waals surface area (Å²) in [5, 5.41) is 3.12. The van der Waals surface area contributed by atoms with Crippen LogP contribution in [0.2, 0.25) is 10.0 Å². The minimum absolute atomic E-state index is 0.0945. The number of amides is 2. The van der Waals surface area contributed by atoms with E-state index in [4.69, 9.17) is 39.5 Å². The molecule has 4 rings (SSSR count). The maximum atomic E-state index is 12.8. The summed E-state index contributed by atoms with van der Waals surface area (Å²) in [6, 6.07) is 19.2. The molecule has 0 radical (unpaired) electrons. The SMILES string of the molecule is O=C(Oc1ccccc1Cl)c1ccc(NC2=C(Cl)C(=O)N(c3ccccc3Cl)C2=O)cc1. The summed E-state index contributed by atoms with van der Waals surface area (Å²) in [5.74, 6) is -1.69. The Balaban J connectivity index is 1.50. The van der Waals surface area contributed by atoms with Crippen molar-refractivity contribution in [3.05, 3.63) is 99.1 Å². The lowest BCUT2D eigenvalue weighted by molar-refractivity contribution is -0.120. The quantitative estimate of drug-likeness (QED) is 0.286. The van der Waals surface area contributed by atoms with Gasteiger partial charge in [0.2, 0.25) is 0 Å². The summed E-state index contributed by atoms with van der Waals surface area (Å²) in [6.45, 7) is 0. The number of carbonyl (C=O) groups is 3. The Kier molecular flexibility index (Phi) is 6.19. The summed E-state index contributed by atoms with van der Waals surface area (Å²) in [5.41, 5.74) is 0.844. The Bertz CT molecular complexity index is 1270. The Morgan fingerprint density at radius 1 is 0.781 bits per heavy atom. The van der Waals surface area contributed by atoms with E-state index in [-0.39, 0.29) is 32.8 Å². The number of imide groups is 1. The molecule has 2 amide bonds. The zero-order valence-corrected chi connectivity index (χ0v) is 18.4. The van der Waals surface area contributed by atoms with E-state index in [1.807, 2.05) is 0 Å². The molecule has 160 valence electrons. The highest BCUT2D eigenvalue weighted by Gasteiger charge is 2.39. The first kappa shape index (κ1) is 21.9. The highest BCUT2D eigenvalue weighted by atomic mass is 35.5. The summed E-state index contributed by atoms with van der Waals surface area (Å²) in [7, 11) is 0. The van der Waals surface area contributed by atoms with Gasteiger partial charge in [-0.2, -0.15) is 0 Å². The predicted octanol–water partition coefficient (Wildman–Crippen LogP) is 5.65. The molecule has 1 N–H and O–H groups in total. The molecule has 32 heavy (non-hydrogen) atoms.